The lowest BCUT2D eigenvalue weighted by Gasteiger charge is -2.09. The number of ether oxygens (including phenoxy) is 2. The summed E-state index contributed by atoms with van der Waals surface area (Å²) in [4.78, 5) is 5.92. The van der Waals surface area contributed by atoms with E-state index >= 15 is 0 Å². The minimum absolute atomic E-state index is 0.278. The average Bonchev–Trinajstić information content (AvgIpc) is 3.28. The third kappa shape index (κ3) is 4.57. The number of hydrogen-bond donors (Lipinski definition) is 0. The molecule has 9 heteroatoms. The second kappa shape index (κ2) is 8.96. The molecule has 0 atom stereocenters. The second-order valence-corrected chi connectivity index (χ2v) is 7.73. The molecule has 32 heavy (non-hydrogen) atoms. The Hall–Kier alpha value is -3.46. The molecule has 0 saturated heterocycles. The molecule has 4 rings (SSSR count). The smallest absolute Gasteiger partial charge is 0.416 e. The molecule has 0 aliphatic rings. The molecule has 0 spiro atoms. The molecule has 4 aromatic rings. The quantitative estimate of drug-likeness (QED) is 0.325. The molecule has 0 aliphatic heterocycles. The lowest BCUT2D eigenvalue weighted by molar-refractivity contribution is -0.137. The standard InChI is InChI=1S/C23H17F3N2O3S/c1-29-15-9-12-19(30-2)18(13-15)21-27-22(31-28-21)17-5-3-4-6-20(17)32-16-10-7-14(8-11-16)23(24,25)26/h3-13H,1-2H3. The fourth-order valence-corrected chi connectivity index (χ4v) is 3.94. The van der Waals surface area contributed by atoms with Crippen molar-refractivity contribution in [3.8, 4) is 34.3 Å². The lowest BCUT2D eigenvalue weighted by Crippen LogP contribution is -2.03. The third-order valence-corrected chi connectivity index (χ3v) is 5.68. The van der Waals surface area contributed by atoms with Gasteiger partial charge >= 0.3 is 6.18 Å². The SMILES string of the molecule is COc1ccc(OC)c(-c2noc(-c3ccccc3Sc3ccc(C(F)(F)F)cc3)n2)c1. The van der Waals surface area contributed by atoms with Crippen molar-refractivity contribution < 1.29 is 27.2 Å². The molecule has 0 saturated carbocycles. The maximum atomic E-state index is 12.8. The van der Waals surface area contributed by atoms with Crippen LogP contribution < -0.4 is 9.47 Å². The van der Waals surface area contributed by atoms with Gasteiger partial charge in [0.25, 0.3) is 5.89 Å². The largest absolute Gasteiger partial charge is 0.497 e. The molecule has 0 aliphatic carbocycles. The highest BCUT2D eigenvalue weighted by Crippen LogP contribution is 2.38. The van der Waals surface area contributed by atoms with E-state index in [4.69, 9.17) is 14.0 Å². The van der Waals surface area contributed by atoms with Crippen molar-refractivity contribution in [3.63, 3.8) is 0 Å². The van der Waals surface area contributed by atoms with Crippen molar-refractivity contribution in [1.82, 2.24) is 10.1 Å². The van der Waals surface area contributed by atoms with Crippen LogP contribution >= 0.6 is 11.8 Å². The second-order valence-electron chi connectivity index (χ2n) is 6.61. The maximum Gasteiger partial charge on any atom is 0.416 e. The number of aromatic nitrogens is 2. The number of halogens is 3. The molecule has 1 aromatic heterocycles. The van der Waals surface area contributed by atoms with Crippen LogP contribution in [0.3, 0.4) is 0 Å². The van der Waals surface area contributed by atoms with Gasteiger partial charge in [0.1, 0.15) is 11.5 Å². The predicted octanol–water partition coefficient (Wildman–Crippen LogP) is 6.59. The van der Waals surface area contributed by atoms with Crippen LogP contribution in [-0.2, 0) is 6.18 Å². The van der Waals surface area contributed by atoms with Gasteiger partial charge < -0.3 is 14.0 Å². The number of methoxy groups -OCH3 is 2. The van der Waals surface area contributed by atoms with Gasteiger partial charge in [0, 0.05) is 9.79 Å². The molecule has 0 radical (unpaired) electrons. The number of nitrogens with zero attached hydrogens (tertiary/aromatic N) is 2. The topological polar surface area (TPSA) is 57.4 Å². The van der Waals surface area contributed by atoms with E-state index < -0.39 is 11.7 Å². The molecule has 0 amide bonds. The van der Waals surface area contributed by atoms with Crippen LogP contribution in [0.5, 0.6) is 11.5 Å². The van der Waals surface area contributed by atoms with Crippen molar-refractivity contribution in [2.75, 3.05) is 14.2 Å². The van der Waals surface area contributed by atoms with Gasteiger partial charge in [0.05, 0.1) is 30.9 Å². The fourth-order valence-electron chi connectivity index (χ4n) is 3.00. The van der Waals surface area contributed by atoms with Crippen molar-refractivity contribution in [2.45, 2.75) is 16.0 Å². The molecular weight excluding hydrogens is 441 g/mol. The summed E-state index contributed by atoms with van der Waals surface area (Å²) in [6.07, 6.45) is -4.37. The van der Waals surface area contributed by atoms with Gasteiger partial charge in [0.2, 0.25) is 5.82 Å². The van der Waals surface area contributed by atoms with Gasteiger partial charge in [0.15, 0.2) is 0 Å². The van der Waals surface area contributed by atoms with E-state index in [1.807, 2.05) is 24.3 Å². The Balaban J connectivity index is 1.65. The van der Waals surface area contributed by atoms with Gasteiger partial charge in [-0.3, -0.25) is 0 Å². The summed E-state index contributed by atoms with van der Waals surface area (Å²) >= 11 is 1.31. The molecular formula is C23H17F3N2O3S. The highest BCUT2D eigenvalue weighted by Gasteiger charge is 2.30. The van der Waals surface area contributed by atoms with E-state index in [0.29, 0.717) is 33.3 Å². The zero-order valence-electron chi connectivity index (χ0n) is 17.0. The summed E-state index contributed by atoms with van der Waals surface area (Å²) in [5, 5.41) is 4.08. The molecule has 0 unspecified atom stereocenters. The van der Waals surface area contributed by atoms with Gasteiger partial charge in [-0.25, -0.2) is 0 Å². The number of benzene rings is 3. The summed E-state index contributed by atoms with van der Waals surface area (Å²) in [7, 11) is 3.10. The lowest BCUT2D eigenvalue weighted by atomic mass is 10.1. The Morgan fingerprint density at radius 3 is 2.31 bits per heavy atom. The summed E-state index contributed by atoms with van der Waals surface area (Å²) in [6, 6.07) is 17.6. The molecule has 0 bridgehead atoms. The van der Waals surface area contributed by atoms with Gasteiger partial charge in [-0.05, 0) is 54.6 Å². The Morgan fingerprint density at radius 2 is 1.62 bits per heavy atom. The Bertz CT molecular complexity index is 1220. The Labute approximate surface area is 186 Å². The fraction of sp³-hybridized carbons (Fsp3) is 0.130. The first-order chi connectivity index (χ1) is 15.4. The Kier molecular flexibility index (Phi) is 6.09. The van der Waals surface area contributed by atoms with Crippen LogP contribution in [0.1, 0.15) is 5.56 Å². The molecule has 5 nitrogen and oxygen atoms in total. The van der Waals surface area contributed by atoms with Crippen LogP contribution in [0.2, 0.25) is 0 Å². The number of hydrogen-bond acceptors (Lipinski definition) is 6. The minimum atomic E-state index is -4.37. The van der Waals surface area contributed by atoms with Crippen molar-refractivity contribution >= 4 is 11.8 Å². The van der Waals surface area contributed by atoms with Gasteiger partial charge in [-0.2, -0.15) is 18.2 Å². The highest BCUT2D eigenvalue weighted by molar-refractivity contribution is 7.99. The first kappa shape index (κ1) is 21.8. The first-order valence-electron chi connectivity index (χ1n) is 9.39. The highest BCUT2D eigenvalue weighted by atomic mass is 32.2. The monoisotopic (exact) mass is 458 g/mol. The van der Waals surface area contributed by atoms with Crippen LogP contribution in [-0.4, -0.2) is 24.4 Å². The first-order valence-corrected chi connectivity index (χ1v) is 10.2. The minimum Gasteiger partial charge on any atom is -0.497 e. The van der Waals surface area contributed by atoms with Crippen molar-refractivity contribution in [3.05, 3.63) is 72.3 Å². The number of rotatable bonds is 6. The van der Waals surface area contributed by atoms with E-state index in [1.165, 1.54) is 23.9 Å². The van der Waals surface area contributed by atoms with Crippen LogP contribution in [0.25, 0.3) is 22.8 Å². The summed E-state index contributed by atoms with van der Waals surface area (Å²) in [5.41, 5.74) is 0.580. The van der Waals surface area contributed by atoms with Crippen molar-refractivity contribution in [1.29, 1.82) is 0 Å². The van der Waals surface area contributed by atoms with E-state index in [2.05, 4.69) is 10.1 Å². The molecule has 3 aromatic carbocycles. The van der Waals surface area contributed by atoms with Gasteiger partial charge in [-0.15, -0.1) is 0 Å². The van der Waals surface area contributed by atoms with Crippen LogP contribution in [0, 0.1) is 0 Å². The molecule has 0 fully saturated rings. The van der Waals surface area contributed by atoms with Crippen LogP contribution in [0.15, 0.2) is 81.0 Å². The summed E-state index contributed by atoms with van der Waals surface area (Å²) < 4.78 is 54.6. The van der Waals surface area contributed by atoms with Crippen molar-refractivity contribution in [2.24, 2.45) is 0 Å². The zero-order chi connectivity index (χ0) is 22.7. The Morgan fingerprint density at radius 1 is 0.875 bits per heavy atom. The molecule has 164 valence electrons. The predicted molar refractivity (Wildman–Crippen MR) is 114 cm³/mol. The van der Waals surface area contributed by atoms with E-state index in [9.17, 15) is 13.2 Å². The maximum absolute atomic E-state index is 12.8. The van der Waals surface area contributed by atoms with E-state index in [1.54, 1.807) is 32.4 Å². The normalized spacial score (nSPS) is 11.4. The summed E-state index contributed by atoms with van der Waals surface area (Å²) in [5.74, 6) is 1.78. The van der Waals surface area contributed by atoms with Gasteiger partial charge in [-0.1, -0.05) is 29.1 Å². The average molecular weight is 458 g/mol. The van der Waals surface area contributed by atoms with E-state index in [0.717, 1.165) is 17.0 Å². The van der Waals surface area contributed by atoms with E-state index in [-0.39, 0.29) is 5.89 Å². The molecule has 1 heterocycles. The van der Waals surface area contributed by atoms with Crippen LogP contribution in [0.4, 0.5) is 13.2 Å². The third-order valence-electron chi connectivity index (χ3n) is 4.60. The molecule has 0 N–H and O–H groups in total. The zero-order valence-corrected chi connectivity index (χ0v) is 17.8. The summed E-state index contributed by atoms with van der Waals surface area (Å²) in [6.45, 7) is 0. The number of alkyl halides is 3.